The maximum Gasteiger partial charge on any atom is 0.412 e. The summed E-state index contributed by atoms with van der Waals surface area (Å²) in [7, 11) is 0. The number of carbonyl (C=O) groups excluding carboxylic acids is 1. The van der Waals surface area contributed by atoms with Crippen LogP contribution >= 0.6 is 0 Å². The number of para-hydroxylation sites is 1. The molecule has 0 aliphatic heterocycles. The molecular weight excluding hydrogens is 184 g/mol. The maximum absolute atomic E-state index is 11.3. The first-order valence-electron chi connectivity index (χ1n) is 4.52. The van der Waals surface area contributed by atoms with Crippen LogP contribution in [0.4, 0.5) is 10.5 Å². The van der Waals surface area contributed by atoms with Gasteiger partial charge in [0.25, 0.3) is 0 Å². The van der Waals surface area contributed by atoms with Crippen LogP contribution in [0.25, 0.3) is 0 Å². The number of benzene rings is 1. The van der Waals surface area contributed by atoms with E-state index in [2.05, 4.69) is 5.32 Å². The third-order valence-electron chi connectivity index (χ3n) is 1.42. The van der Waals surface area contributed by atoms with Crippen LogP contribution in [0.2, 0.25) is 0 Å². The Bertz CT molecular complexity index is 301. The molecule has 1 rings (SSSR count). The zero-order valence-corrected chi connectivity index (χ0v) is 8.70. The number of carbonyl (C=O) groups is 1. The van der Waals surface area contributed by atoms with Crippen LogP contribution in [0.5, 0.6) is 0 Å². The van der Waals surface area contributed by atoms with E-state index in [4.69, 9.17) is 4.74 Å². The summed E-state index contributed by atoms with van der Waals surface area (Å²) < 4.78 is 5.09. The van der Waals surface area contributed by atoms with Crippen molar-refractivity contribution in [2.24, 2.45) is 0 Å². The molecule has 0 aromatic heterocycles. The Morgan fingerprint density at radius 3 is 2.29 bits per heavy atom. The van der Waals surface area contributed by atoms with Gasteiger partial charge < -0.3 is 4.74 Å². The molecule has 1 aromatic carbocycles. The SMILES string of the molecule is CC(C)(C)OC(=O)N[13c]1[13cH][13cH][13cH][13cH][13cH]1. The first-order chi connectivity index (χ1) is 6.47. The first kappa shape index (κ1) is 10.6. The van der Waals surface area contributed by atoms with E-state index in [1.807, 2.05) is 51.1 Å². The standard InChI is InChI=1S/C11H15NO2/c1-11(2,3)14-10(13)12-9-7-5-4-6-8-9/h4-8H,1-3H3,(H,12,13)/i4+1,5+1,6+1,7+1,8+1,9+1. The van der Waals surface area contributed by atoms with Crippen molar-refractivity contribution in [3.05, 3.63) is 30.3 Å². The number of hydrogen-bond donors (Lipinski definition) is 1. The van der Waals surface area contributed by atoms with Crippen molar-refractivity contribution in [2.75, 3.05) is 5.32 Å². The van der Waals surface area contributed by atoms with Crippen LogP contribution in [0, 0.1) is 0 Å². The highest BCUT2D eigenvalue weighted by molar-refractivity contribution is 5.84. The molecule has 0 unspecified atom stereocenters. The van der Waals surface area contributed by atoms with Crippen molar-refractivity contribution < 1.29 is 9.53 Å². The van der Waals surface area contributed by atoms with Gasteiger partial charge in [-0.3, -0.25) is 5.32 Å². The summed E-state index contributed by atoms with van der Waals surface area (Å²) in [5.41, 5.74) is 0.278. The molecule has 1 aromatic rings. The lowest BCUT2D eigenvalue weighted by Gasteiger charge is -2.19. The van der Waals surface area contributed by atoms with Gasteiger partial charge in [0, 0.05) is 5.69 Å². The zero-order chi connectivity index (χ0) is 10.6. The highest BCUT2D eigenvalue weighted by atomic mass is 16.6. The second-order valence-corrected chi connectivity index (χ2v) is 3.99. The number of hydrogen-bond acceptors (Lipinski definition) is 2. The first-order valence-corrected chi connectivity index (χ1v) is 4.52. The molecule has 3 heteroatoms. The minimum absolute atomic E-state index is 0.427. The van der Waals surface area contributed by atoms with Gasteiger partial charge in [-0.2, -0.15) is 0 Å². The fourth-order valence-corrected chi connectivity index (χ4v) is 0.943. The smallest absolute Gasteiger partial charge is 0.412 e. The Kier molecular flexibility index (Phi) is 3.12. The number of rotatable bonds is 1. The van der Waals surface area contributed by atoms with Crippen molar-refractivity contribution in [1.82, 2.24) is 0 Å². The molecule has 0 radical (unpaired) electrons. The summed E-state index contributed by atoms with van der Waals surface area (Å²) in [5, 5.41) is 2.64. The van der Waals surface area contributed by atoms with Gasteiger partial charge in [-0.25, -0.2) is 4.79 Å². The van der Waals surface area contributed by atoms with E-state index >= 15 is 0 Å². The minimum Gasteiger partial charge on any atom is -0.444 e. The van der Waals surface area contributed by atoms with Gasteiger partial charge in [0.15, 0.2) is 0 Å². The molecule has 0 saturated heterocycles. The summed E-state index contributed by atoms with van der Waals surface area (Å²) in [4.78, 5) is 11.3. The monoisotopic (exact) mass is 199 g/mol. The lowest BCUT2D eigenvalue weighted by atomic mass is 10.2. The normalized spacial score (nSPS) is 10.8. The molecule has 1 amide bonds. The molecule has 0 spiro atoms. The molecule has 14 heavy (non-hydrogen) atoms. The molecule has 0 bridgehead atoms. The summed E-state index contributed by atoms with van der Waals surface area (Å²) in [6, 6.07) is 9.22. The second kappa shape index (κ2) is 4.13. The van der Waals surface area contributed by atoms with Gasteiger partial charge >= 0.3 is 6.09 Å². The summed E-state index contributed by atoms with van der Waals surface area (Å²) in [6.45, 7) is 5.49. The van der Waals surface area contributed by atoms with Crippen LogP contribution in [0.3, 0.4) is 0 Å². The van der Waals surface area contributed by atoms with E-state index in [0.29, 0.717) is 0 Å². The van der Waals surface area contributed by atoms with Gasteiger partial charge in [0.1, 0.15) is 5.60 Å². The van der Waals surface area contributed by atoms with Gasteiger partial charge in [-0.15, -0.1) is 0 Å². The molecule has 0 atom stereocenters. The molecule has 76 valence electrons. The maximum atomic E-state index is 11.3. The Morgan fingerprint density at radius 1 is 1.21 bits per heavy atom. The van der Waals surface area contributed by atoms with Crippen molar-refractivity contribution in [2.45, 2.75) is 26.4 Å². The number of ether oxygens (including phenoxy) is 1. The Morgan fingerprint density at radius 2 is 1.79 bits per heavy atom. The van der Waals surface area contributed by atoms with E-state index < -0.39 is 11.7 Å². The van der Waals surface area contributed by atoms with Gasteiger partial charge in [0.05, 0.1) is 0 Å². The average molecular weight is 199 g/mol. The van der Waals surface area contributed by atoms with Crippen molar-refractivity contribution in [1.29, 1.82) is 0 Å². The van der Waals surface area contributed by atoms with Crippen molar-refractivity contribution in [3.8, 4) is 0 Å². The fraction of sp³-hybridized carbons (Fsp3) is 0.364. The molecule has 0 heterocycles. The van der Waals surface area contributed by atoms with Crippen LogP contribution in [0.15, 0.2) is 30.3 Å². The molecule has 0 aliphatic rings. The largest absolute Gasteiger partial charge is 0.444 e. The van der Waals surface area contributed by atoms with Gasteiger partial charge in [-0.1, -0.05) is 18.2 Å². The van der Waals surface area contributed by atoms with E-state index in [9.17, 15) is 4.79 Å². The second-order valence-electron chi connectivity index (χ2n) is 3.99. The molecule has 0 aliphatic carbocycles. The van der Waals surface area contributed by atoms with Crippen LogP contribution in [0.1, 0.15) is 20.8 Å². The Hall–Kier alpha value is -1.51. The number of anilines is 1. The highest BCUT2D eigenvalue weighted by Gasteiger charge is 2.15. The molecule has 1 N–H and O–H groups in total. The lowest BCUT2D eigenvalue weighted by Crippen LogP contribution is -2.27. The van der Waals surface area contributed by atoms with Gasteiger partial charge in [-0.05, 0) is 32.9 Å². The molecular formula is C11H15NO2. The third kappa shape index (κ3) is 3.94. The Balaban J connectivity index is 2.50. The lowest BCUT2D eigenvalue weighted by molar-refractivity contribution is 0.0636. The number of amides is 1. The van der Waals surface area contributed by atoms with Crippen molar-refractivity contribution in [3.63, 3.8) is 0 Å². The van der Waals surface area contributed by atoms with Gasteiger partial charge in [0.2, 0.25) is 0 Å². The predicted molar refractivity (Wildman–Crippen MR) is 56.3 cm³/mol. The quantitative estimate of drug-likeness (QED) is 0.754. The predicted octanol–water partition coefficient (Wildman–Crippen LogP) is 3.03. The summed E-state index contributed by atoms with van der Waals surface area (Å²) in [6.07, 6.45) is -0.427. The fourth-order valence-electron chi connectivity index (χ4n) is 0.943. The van der Waals surface area contributed by atoms with Crippen molar-refractivity contribution >= 4 is 11.8 Å². The van der Waals surface area contributed by atoms with E-state index in [1.54, 1.807) is 0 Å². The molecule has 3 nitrogen and oxygen atoms in total. The zero-order valence-electron chi connectivity index (χ0n) is 8.70. The van der Waals surface area contributed by atoms with E-state index in [-0.39, 0.29) is 0 Å². The Labute approximate surface area is 84.1 Å². The highest BCUT2D eigenvalue weighted by Crippen LogP contribution is 2.10. The van der Waals surface area contributed by atoms with E-state index in [1.165, 1.54) is 0 Å². The van der Waals surface area contributed by atoms with Crippen LogP contribution in [-0.4, -0.2) is 11.7 Å². The third-order valence-corrected chi connectivity index (χ3v) is 1.42. The molecule has 0 saturated carbocycles. The van der Waals surface area contributed by atoms with Crippen LogP contribution in [-0.2, 0) is 4.74 Å². The topological polar surface area (TPSA) is 38.3 Å². The number of nitrogens with one attached hydrogen (secondary N) is 1. The molecule has 0 fully saturated rings. The summed E-state index contributed by atoms with van der Waals surface area (Å²) >= 11 is 0. The van der Waals surface area contributed by atoms with Crippen LogP contribution < -0.4 is 5.32 Å². The van der Waals surface area contributed by atoms with E-state index in [0.717, 1.165) is 5.69 Å². The summed E-state index contributed by atoms with van der Waals surface area (Å²) in [5.74, 6) is 0. The minimum atomic E-state index is -0.459. The average Bonchev–Trinajstić information content (AvgIpc) is 2.02.